The molecule has 57 heavy (non-hydrogen) atoms. The van der Waals surface area contributed by atoms with Gasteiger partial charge in [-0.1, -0.05) is 24.3 Å². The highest BCUT2D eigenvalue weighted by atomic mass is 32.2. The number of hydrogen-bond donors (Lipinski definition) is 0. The monoisotopic (exact) mass is 936 g/mol. The van der Waals surface area contributed by atoms with Crippen LogP contribution in [0.15, 0.2) is 70.5 Å². The highest BCUT2D eigenvalue weighted by Gasteiger charge is 2.92. The average Bonchev–Trinajstić information content (AvgIpc) is 3.53. The van der Waals surface area contributed by atoms with Crippen LogP contribution in [0.1, 0.15) is 0 Å². The molecule has 2 aromatic carbocycles. The molecule has 0 saturated carbocycles. The van der Waals surface area contributed by atoms with Crippen LogP contribution in [0.3, 0.4) is 0 Å². The van der Waals surface area contributed by atoms with Gasteiger partial charge in [-0.05, 0) is 71.0 Å². The normalized spacial score (nSPS) is 15.3. The van der Waals surface area contributed by atoms with Crippen LogP contribution in [0, 0.1) is 0 Å². The van der Waals surface area contributed by atoms with E-state index in [1.54, 1.807) is 0 Å². The highest BCUT2D eigenvalue weighted by Crippen LogP contribution is 2.64. The van der Waals surface area contributed by atoms with E-state index in [0.29, 0.717) is 47.7 Å². The van der Waals surface area contributed by atoms with Crippen molar-refractivity contribution >= 4 is 34.9 Å². The van der Waals surface area contributed by atoms with E-state index >= 15 is 0 Å². The molecule has 0 radical (unpaired) electrons. The van der Waals surface area contributed by atoms with Gasteiger partial charge in [0.2, 0.25) is 0 Å². The first kappa shape index (κ1) is 48.4. The van der Waals surface area contributed by atoms with Gasteiger partial charge in [-0.2, -0.15) is 114 Å². The molecule has 0 N–H and O–H groups in total. The van der Waals surface area contributed by atoms with E-state index in [4.69, 9.17) is 0 Å². The van der Waals surface area contributed by atoms with Gasteiger partial charge in [0, 0.05) is 19.5 Å². The van der Waals surface area contributed by atoms with E-state index in [9.17, 15) is 114 Å². The zero-order valence-corrected chi connectivity index (χ0v) is 28.3. The molecule has 1 aromatic heterocycles. The molecule has 3 aromatic rings. The highest BCUT2D eigenvalue weighted by molar-refractivity contribution is 8.00. The topological polar surface area (TPSA) is 0 Å². The molecular formula is C28H10F26S3. The summed E-state index contributed by atoms with van der Waals surface area (Å²) in [6.45, 7) is 0. The van der Waals surface area contributed by atoms with Crippen molar-refractivity contribution in [2.24, 2.45) is 0 Å². The molecule has 0 aliphatic rings. The fourth-order valence-electron chi connectivity index (χ4n) is 4.01. The van der Waals surface area contributed by atoms with Gasteiger partial charge in [-0.15, -0.1) is 11.3 Å². The minimum Gasteiger partial charge on any atom is -0.192 e. The molecule has 0 spiro atoms. The summed E-state index contributed by atoms with van der Waals surface area (Å²) in [6, 6.07) is 6.83. The Labute approximate surface area is 310 Å². The van der Waals surface area contributed by atoms with Crippen molar-refractivity contribution in [1.82, 2.24) is 0 Å². The first-order valence-corrected chi connectivity index (χ1v) is 16.1. The first-order chi connectivity index (χ1) is 25.1. The Morgan fingerprint density at radius 2 is 0.579 bits per heavy atom. The molecule has 0 nitrogen and oxygen atoms in total. The third-order valence-corrected chi connectivity index (χ3v) is 10.3. The summed E-state index contributed by atoms with van der Waals surface area (Å²) in [5, 5.41) is -13.1. The number of thiophene rings is 1. The van der Waals surface area contributed by atoms with Crippen molar-refractivity contribution in [2.75, 3.05) is 0 Å². The van der Waals surface area contributed by atoms with Gasteiger partial charge < -0.3 is 0 Å². The van der Waals surface area contributed by atoms with Gasteiger partial charge in [-0.25, -0.2) is 0 Å². The summed E-state index contributed by atoms with van der Waals surface area (Å²) >= 11 is -3.00. The molecule has 0 bridgehead atoms. The summed E-state index contributed by atoms with van der Waals surface area (Å²) in [7, 11) is 0. The molecule has 0 aliphatic heterocycles. The Hall–Kier alpha value is -2.98. The molecule has 29 heteroatoms. The van der Waals surface area contributed by atoms with Crippen molar-refractivity contribution in [2.45, 2.75) is 80.0 Å². The number of thioether (sulfide) groups is 2. The summed E-state index contributed by atoms with van der Waals surface area (Å²) in [5.74, 6) is -63.6. The Kier molecular flexibility index (Phi) is 12.2. The van der Waals surface area contributed by atoms with Crippen LogP contribution >= 0.6 is 34.9 Å². The van der Waals surface area contributed by atoms with Gasteiger partial charge in [0.15, 0.2) is 0 Å². The average molecular weight is 937 g/mol. The SMILES string of the molecule is FC(F)(F)C(F)(F)C(F)(F)C(F)(F)C(F)(F)C(F)(F)Sc1cccc(-c2ccc(-c3cccc(SC(F)(F)C(F)(F)C(F)(F)C(F)(F)C(F)(F)C(F)(F)F)c3)s2)c1. The predicted octanol–water partition coefficient (Wildman–Crippen LogP) is 14.7. The first-order valence-electron chi connectivity index (χ1n) is 13.7. The molecule has 0 saturated heterocycles. The molecule has 0 unspecified atom stereocenters. The second-order valence-corrected chi connectivity index (χ2v) is 14.5. The molecule has 0 atom stereocenters. The van der Waals surface area contributed by atoms with Gasteiger partial charge in [0.25, 0.3) is 0 Å². The number of benzene rings is 2. The van der Waals surface area contributed by atoms with Crippen molar-refractivity contribution in [3.8, 4) is 20.9 Å². The van der Waals surface area contributed by atoms with Crippen molar-refractivity contribution in [3.63, 3.8) is 0 Å². The summed E-state index contributed by atoms with van der Waals surface area (Å²) in [4.78, 5) is -2.95. The molecule has 0 aliphatic carbocycles. The Morgan fingerprint density at radius 3 is 0.842 bits per heavy atom. The molecule has 0 amide bonds. The molecule has 3 rings (SSSR count). The summed E-state index contributed by atoms with van der Waals surface area (Å²) in [6.07, 6.45) is -15.3. The lowest BCUT2D eigenvalue weighted by molar-refractivity contribution is -0.433. The third-order valence-electron chi connectivity index (χ3n) is 7.14. The lowest BCUT2D eigenvalue weighted by Gasteiger charge is -2.39. The maximum Gasteiger partial charge on any atom is 0.460 e. The molecular weight excluding hydrogens is 926 g/mol. The van der Waals surface area contributed by atoms with E-state index < -0.39 is 115 Å². The minimum absolute atomic E-state index is 0.216. The fourth-order valence-corrected chi connectivity index (χ4v) is 6.78. The van der Waals surface area contributed by atoms with Crippen molar-refractivity contribution in [3.05, 3.63) is 60.7 Å². The van der Waals surface area contributed by atoms with Crippen LogP contribution in [-0.4, -0.2) is 70.2 Å². The van der Waals surface area contributed by atoms with Gasteiger partial charge in [-0.3, -0.25) is 0 Å². The van der Waals surface area contributed by atoms with Crippen LogP contribution in [0.25, 0.3) is 20.9 Å². The second kappa shape index (κ2) is 14.3. The maximum atomic E-state index is 14.4. The molecule has 1 heterocycles. The predicted molar refractivity (Wildman–Crippen MR) is 148 cm³/mol. The van der Waals surface area contributed by atoms with E-state index in [0.717, 1.165) is 24.3 Å². The molecule has 322 valence electrons. The number of rotatable bonds is 14. The zero-order valence-electron chi connectivity index (χ0n) is 25.8. The number of halogens is 26. The Bertz CT molecular complexity index is 1770. The Balaban J connectivity index is 1.92. The van der Waals surface area contributed by atoms with E-state index in [-0.39, 0.29) is 9.75 Å². The Morgan fingerprint density at radius 1 is 0.316 bits per heavy atom. The van der Waals surface area contributed by atoms with Crippen LogP contribution in [0.5, 0.6) is 0 Å². The van der Waals surface area contributed by atoms with Crippen LogP contribution in [-0.2, 0) is 0 Å². The third kappa shape index (κ3) is 7.68. The fraction of sp³-hybridized carbons (Fsp3) is 0.429. The second-order valence-electron chi connectivity index (χ2n) is 11.0. The zero-order chi connectivity index (χ0) is 44.7. The molecule has 0 fully saturated rings. The van der Waals surface area contributed by atoms with Gasteiger partial charge >= 0.3 is 70.2 Å². The van der Waals surface area contributed by atoms with E-state index in [2.05, 4.69) is 0 Å². The minimum atomic E-state index is -8.15. The maximum absolute atomic E-state index is 14.4. The van der Waals surface area contributed by atoms with Crippen LogP contribution in [0.4, 0.5) is 114 Å². The lowest BCUT2D eigenvalue weighted by atomic mass is 9.98. The number of hydrogen-bond acceptors (Lipinski definition) is 3. The summed E-state index contributed by atoms with van der Waals surface area (Å²) < 4.78 is 350. The van der Waals surface area contributed by atoms with Crippen molar-refractivity contribution in [1.29, 1.82) is 0 Å². The van der Waals surface area contributed by atoms with Crippen molar-refractivity contribution < 1.29 is 114 Å². The van der Waals surface area contributed by atoms with E-state index in [1.165, 1.54) is 0 Å². The van der Waals surface area contributed by atoms with Gasteiger partial charge in [0.05, 0.1) is 0 Å². The van der Waals surface area contributed by atoms with Crippen LogP contribution in [0.2, 0.25) is 0 Å². The smallest absolute Gasteiger partial charge is 0.192 e. The number of alkyl halides is 26. The lowest BCUT2D eigenvalue weighted by Crippen LogP contribution is -2.69. The standard InChI is InChI=1S/C28H10F26S3/c29-17(30,21(37,38)25(45,46)47)19(33,34)23(41,42)27(51,52)56-13-5-1-3-11(9-13)15-7-8-16(55-15)12-4-2-6-14(10-12)57-28(53,54)24(43,44)20(35,36)18(31,32)22(39,40)26(48,49)50/h1-10H. The summed E-state index contributed by atoms with van der Waals surface area (Å²) in [5.41, 5.74) is -0.793. The quantitative estimate of drug-likeness (QED) is 0.117. The largest absolute Gasteiger partial charge is 0.460 e. The van der Waals surface area contributed by atoms with Crippen LogP contribution < -0.4 is 0 Å². The van der Waals surface area contributed by atoms with Gasteiger partial charge in [0.1, 0.15) is 0 Å². The van der Waals surface area contributed by atoms with E-state index in [1.807, 2.05) is 0 Å².